The zero-order chi connectivity index (χ0) is 38.9. The van der Waals surface area contributed by atoms with Gasteiger partial charge in [0.2, 0.25) is 5.91 Å². The SMILES string of the molecule is CCCCC1(CC)CN(c2ccccc2)c2cc(SC)c(OCC(=O)NC(C(=O)NC[C@H](OC)c3ccc(O)c(O)c3)c3ccccc3)cc2S(=O)(=O)C1. The lowest BCUT2D eigenvalue weighted by atomic mass is 9.81. The Labute approximate surface area is 322 Å². The molecule has 4 N–H and O–H groups in total. The molecule has 2 unspecified atom stereocenters. The van der Waals surface area contributed by atoms with Gasteiger partial charge in [-0.05, 0) is 60.6 Å². The fourth-order valence-electron chi connectivity index (χ4n) is 6.81. The molecule has 4 aromatic rings. The van der Waals surface area contributed by atoms with Gasteiger partial charge in [0, 0.05) is 37.4 Å². The van der Waals surface area contributed by atoms with Gasteiger partial charge in [0.1, 0.15) is 11.8 Å². The lowest BCUT2D eigenvalue weighted by Gasteiger charge is -2.36. The highest BCUT2D eigenvalue weighted by atomic mass is 32.2. The first kappa shape index (κ1) is 40.5. The Kier molecular flexibility index (Phi) is 13.5. The van der Waals surface area contributed by atoms with Crippen molar-refractivity contribution in [3.63, 3.8) is 0 Å². The average Bonchev–Trinajstić information content (AvgIpc) is 3.28. The van der Waals surface area contributed by atoms with Gasteiger partial charge in [-0.15, -0.1) is 11.8 Å². The lowest BCUT2D eigenvalue weighted by Crippen LogP contribution is -2.43. The van der Waals surface area contributed by atoms with Crippen LogP contribution < -0.4 is 20.3 Å². The number of nitrogens with one attached hydrogen (secondary N) is 2. The van der Waals surface area contributed by atoms with Gasteiger partial charge in [0.05, 0.1) is 27.3 Å². The second kappa shape index (κ2) is 18.1. The summed E-state index contributed by atoms with van der Waals surface area (Å²) in [5.74, 6) is -1.45. The molecular weight excluding hydrogens is 727 g/mol. The fraction of sp³-hybridized carbons (Fsp3) is 0.366. The van der Waals surface area contributed by atoms with Crippen molar-refractivity contribution < 1.29 is 37.7 Å². The Morgan fingerprint density at radius 1 is 0.944 bits per heavy atom. The van der Waals surface area contributed by atoms with E-state index in [1.807, 2.05) is 42.7 Å². The van der Waals surface area contributed by atoms with E-state index in [1.165, 1.54) is 31.0 Å². The van der Waals surface area contributed by atoms with Gasteiger partial charge in [-0.2, -0.15) is 0 Å². The maximum atomic E-state index is 14.3. The summed E-state index contributed by atoms with van der Waals surface area (Å²) < 4.78 is 40.2. The van der Waals surface area contributed by atoms with Crippen LogP contribution in [0.25, 0.3) is 0 Å². The third-order valence-electron chi connectivity index (χ3n) is 9.92. The van der Waals surface area contributed by atoms with Crippen LogP contribution in [0.1, 0.15) is 62.8 Å². The standard InChI is InChI=1S/C41H49N3O8S2/c1-5-7-20-41(6-2)26-44(30-16-12-9-13-17-30)31-22-36(53-4)34(23-37(31)54(49,50)27-41)52-25-38(47)43-39(28-14-10-8-11-15-28)40(48)42-24-35(51-3)29-18-19-32(45)33(46)21-29/h8-19,21-23,35,39,45-46H,5-7,20,24-27H2,1-4H3,(H,42,48)(H,43,47)/t35-,39?,41?/m0/s1. The molecule has 5 rings (SSSR count). The summed E-state index contributed by atoms with van der Waals surface area (Å²) in [6.07, 6.45) is 4.57. The highest BCUT2D eigenvalue weighted by Crippen LogP contribution is 2.47. The largest absolute Gasteiger partial charge is 0.504 e. The molecular formula is C41H49N3O8S2. The maximum Gasteiger partial charge on any atom is 0.258 e. The van der Waals surface area contributed by atoms with Crippen molar-refractivity contribution in [1.82, 2.24) is 10.6 Å². The van der Waals surface area contributed by atoms with Crippen LogP contribution in [0.15, 0.2) is 101 Å². The van der Waals surface area contributed by atoms with Gasteiger partial charge in [-0.25, -0.2) is 8.42 Å². The second-order valence-electron chi connectivity index (χ2n) is 13.5. The molecule has 288 valence electrons. The number of sulfone groups is 1. The molecule has 1 aliphatic rings. The predicted molar refractivity (Wildman–Crippen MR) is 211 cm³/mol. The fourth-order valence-corrected chi connectivity index (χ4v) is 9.53. The van der Waals surface area contributed by atoms with Crippen LogP contribution in [0.3, 0.4) is 0 Å². The highest BCUT2D eigenvalue weighted by Gasteiger charge is 2.42. The molecule has 4 aromatic carbocycles. The van der Waals surface area contributed by atoms with Crippen LogP contribution in [0.2, 0.25) is 0 Å². The van der Waals surface area contributed by atoms with Crippen molar-refractivity contribution in [2.75, 3.05) is 43.7 Å². The number of phenolic OH excluding ortho intramolecular Hbond substituents is 2. The summed E-state index contributed by atoms with van der Waals surface area (Å²) in [4.78, 5) is 30.0. The minimum atomic E-state index is -3.78. The Morgan fingerprint density at radius 2 is 1.65 bits per heavy atom. The number of thioether (sulfide) groups is 1. The molecule has 54 heavy (non-hydrogen) atoms. The van der Waals surface area contributed by atoms with Crippen molar-refractivity contribution in [3.05, 3.63) is 102 Å². The van der Waals surface area contributed by atoms with Crippen molar-refractivity contribution >= 4 is 44.8 Å². The molecule has 0 saturated carbocycles. The first-order valence-corrected chi connectivity index (χ1v) is 20.9. The maximum absolute atomic E-state index is 14.3. The summed E-state index contributed by atoms with van der Waals surface area (Å²) in [5.41, 5.74) is 2.07. The monoisotopic (exact) mass is 775 g/mol. The number of nitrogens with zero attached hydrogens (tertiary/aromatic N) is 1. The first-order valence-electron chi connectivity index (χ1n) is 18.0. The summed E-state index contributed by atoms with van der Waals surface area (Å²) in [5, 5.41) is 25.2. The summed E-state index contributed by atoms with van der Waals surface area (Å²) >= 11 is 1.39. The topological polar surface area (TPSA) is 154 Å². The van der Waals surface area contributed by atoms with E-state index in [4.69, 9.17) is 9.47 Å². The number of anilines is 2. The van der Waals surface area contributed by atoms with E-state index < -0.39 is 45.8 Å². The van der Waals surface area contributed by atoms with Crippen molar-refractivity contribution in [1.29, 1.82) is 0 Å². The van der Waals surface area contributed by atoms with Gasteiger partial charge in [-0.1, -0.05) is 81.3 Å². The van der Waals surface area contributed by atoms with Gasteiger partial charge >= 0.3 is 0 Å². The summed E-state index contributed by atoms with van der Waals surface area (Å²) in [6.45, 7) is 4.25. The van der Waals surface area contributed by atoms with E-state index >= 15 is 0 Å². The number of carbonyl (C=O) groups excluding carboxylic acids is 2. The van der Waals surface area contributed by atoms with E-state index in [0.29, 0.717) is 34.7 Å². The predicted octanol–water partition coefficient (Wildman–Crippen LogP) is 7.07. The zero-order valence-electron chi connectivity index (χ0n) is 31.1. The Balaban J connectivity index is 1.39. The molecule has 0 radical (unpaired) electrons. The van der Waals surface area contributed by atoms with Crippen LogP contribution in [-0.4, -0.2) is 69.3 Å². The molecule has 0 fully saturated rings. The van der Waals surface area contributed by atoms with Gasteiger partial charge < -0.3 is 35.2 Å². The van der Waals surface area contributed by atoms with Gasteiger partial charge in [-0.3, -0.25) is 9.59 Å². The number of unbranched alkanes of at least 4 members (excludes halogenated alkanes) is 1. The summed E-state index contributed by atoms with van der Waals surface area (Å²) in [7, 11) is -2.33. The molecule has 13 heteroatoms. The van der Waals surface area contributed by atoms with Crippen molar-refractivity contribution in [2.45, 2.75) is 61.5 Å². The van der Waals surface area contributed by atoms with E-state index in [1.54, 1.807) is 42.5 Å². The molecule has 2 amide bonds. The van der Waals surface area contributed by atoms with Gasteiger partial charge in [0.15, 0.2) is 27.9 Å². The highest BCUT2D eigenvalue weighted by molar-refractivity contribution is 7.98. The quantitative estimate of drug-likeness (QED) is 0.0687. The molecule has 0 aliphatic carbocycles. The third-order valence-corrected chi connectivity index (χ3v) is 12.7. The van der Waals surface area contributed by atoms with E-state index in [2.05, 4.69) is 29.4 Å². The van der Waals surface area contributed by atoms with Crippen LogP contribution in [-0.2, 0) is 24.2 Å². The van der Waals surface area contributed by atoms with Crippen LogP contribution in [0.4, 0.5) is 11.4 Å². The van der Waals surface area contributed by atoms with Crippen LogP contribution in [0, 0.1) is 5.41 Å². The number of ether oxygens (including phenoxy) is 2. The van der Waals surface area contributed by atoms with Gasteiger partial charge in [0.25, 0.3) is 5.91 Å². The Hall–Kier alpha value is -4.72. The number of hydrogen-bond donors (Lipinski definition) is 4. The van der Waals surface area contributed by atoms with E-state index in [0.717, 1.165) is 24.9 Å². The smallest absolute Gasteiger partial charge is 0.258 e. The average molecular weight is 776 g/mol. The zero-order valence-corrected chi connectivity index (χ0v) is 32.7. The minimum Gasteiger partial charge on any atom is -0.504 e. The number of rotatable bonds is 16. The molecule has 0 saturated heterocycles. The summed E-state index contributed by atoms with van der Waals surface area (Å²) in [6, 6.07) is 25.1. The second-order valence-corrected chi connectivity index (χ2v) is 16.3. The Bertz CT molecular complexity index is 2010. The van der Waals surface area contributed by atoms with Crippen molar-refractivity contribution in [2.24, 2.45) is 5.41 Å². The number of aromatic hydroxyl groups is 2. The molecule has 0 aromatic heterocycles. The molecule has 1 heterocycles. The lowest BCUT2D eigenvalue weighted by molar-refractivity contribution is -0.130. The van der Waals surface area contributed by atoms with E-state index in [9.17, 15) is 28.2 Å². The molecule has 11 nitrogen and oxygen atoms in total. The molecule has 3 atom stereocenters. The number of para-hydroxylation sites is 1. The van der Waals surface area contributed by atoms with E-state index in [-0.39, 0.29) is 34.4 Å². The number of phenols is 2. The Morgan fingerprint density at radius 3 is 2.28 bits per heavy atom. The number of hydrogen-bond acceptors (Lipinski definition) is 10. The number of fused-ring (bicyclic) bond motifs is 1. The minimum absolute atomic E-state index is 0.00290. The number of carbonyl (C=O) groups is 2. The third kappa shape index (κ3) is 9.49. The first-order chi connectivity index (χ1) is 25.9. The molecule has 0 bridgehead atoms. The molecule has 0 spiro atoms. The number of benzene rings is 4. The van der Waals surface area contributed by atoms with Crippen molar-refractivity contribution in [3.8, 4) is 17.2 Å². The van der Waals surface area contributed by atoms with Crippen LogP contribution in [0.5, 0.6) is 17.2 Å². The normalized spacial score (nSPS) is 17.4. The number of amides is 2. The molecule has 1 aliphatic heterocycles. The van der Waals surface area contributed by atoms with Crippen LogP contribution >= 0.6 is 11.8 Å². The number of methoxy groups -OCH3 is 1.